The first-order valence-electron chi connectivity index (χ1n) is 10.1. The molecule has 5 nitrogen and oxygen atoms in total. The van der Waals surface area contributed by atoms with Crippen molar-refractivity contribution in [1.29, 1.82) is 0 Å². The summed E-state index contributed by atoms with van der Waals surface area (Å²) >= 11 is 5.85. The van der Waals surface area contributed by atoms with Crippen LogP contribution in [0.25, 0.3) is 0 Å². The largest absolute Gasteiger partial charge is 0.417 e. The van der Waals surface area contributed by atoms with Crippen LogP contribution >= 0.6 is 11.6 Å². The highest BCUT2D eigenvalue weighted by atomic mass is 35.5. The third-order valence-corrected chi connectivity index (χ3v) is 5.17. The molecule has 1 aromatic heterocycles. The van der Waals surface area contributed by atoms with Gasteiger partial charge in [-0.15, -0.1) is 0 Å². The molecule has 186 valence electrons. The number of alkyl halides is 6. The summed E-state index contributed by atoms with van der Waals surface area (Å²) in [4.78, 5) is 16.3. The van der Waals surface area contributed by atoms with Crippen molar-refractivity contribution >= 4 is 34.7 Å². The molecular weight excluding hydrogens is 498 g/mol. The number of carbonyl (C=O) groups excluding carboxylic acids is 1. The van der Waals surface area contributed by atoms with Crippen molar-refractivity contribution in [3.63, 3.8) is 0 Å². The van der Waals surface area contributed by atoms with Crippen molar-refractivity contribution in [3.05, 3.63) is 82.0 Å². The molecule has 0 aliphatic heterocycles. The number of aromatic nitrogens is 1. The van der Waals surface area contributed by atoms with Crippen molar-refractivity contribution in [2.45, 2.75) is 19.3 Å². The fourth-order valence-corrected chi connectivity index (χ4v) is 3.33. The summed E-state index contributed by atoms with van der Waals surface area (Å²) < 4.78 is 77.9. The molecule has 0 aliphatic carbocycles. The Balaban J connectivity index is 1.72. The van der Waals surface area contributed by atoms with Gasteiger partial charge in [0.15, 0.2) is 0 Å². The number of benzene rings is 2. The SMILES string of the molecule is Cc1ccccc1C(=O)Nc1cc(C(F)(F)F)ccc1NCCNc1ncc(C(F)(F)F)cc1Cl. The monoisotopic (exact) mass is 516 g/mol. The molecule has 12 heteroatoms. The van der Waals surface area contributed by atoms with Crippen molar-refractivity contribution in [2.75, 3.05) is 29.0 Å². The quantitative estimate of drug-likeness (QED) is 0.237. The number of amides is 1. The van der Waals surface area contributed by atoms with Crippen LogP contribution < -0.4 is 16.0 Å². The van der Waals surface area contributed by atoms with Crippen molar-refractivity contribution < 1.29 is 31.1 Å². The topological polar surface area (TPSA) is 66.1 Å². The fraction of sp³-hybridized carbons (Fsp3) is 0.217. The number of pyridine rings is 1. The van der Waals surface area contributed by atoms with Crippen LogP contribution in [0.2, 0.25) is 5.02 Å². The lowest BCUT2D eigenvalue weighted by molar-refractivity contribution is -0.138. The molecule has 0 unspecified atom stereocenters. The second-order valence-electron chi connectivity index (χ2n) is 7.43. The summed E-state index contributed by atoms with van der Waals surface area (Å²) in [6, 6.07) is 10.2. The van der Waals surface area contributed by atoms with Gasteiger partial charge in [-0.1, -0.05) is 29.8 Å². The summed E-state index contributed by atoms with van der Waals surface area (Å²) in [5, 5.41) is 7.91. The minimum atomic E-state index is -4.62. The smallest absolute Gasteiger partial charge is 0.382 e. The maximum Gasteiger partial charge on any atom is 0.417 e. The lowest BCUT2D eigenvalue weighted by atomic mass is 10.1. The summed E-state index contributed by atoms with van der Waals surface area (Å²) in [6.45, 7) is 1.94. The fourth-order valence-electron chi connectivity index (χ4n) is 3.10. The number of hydrogen-bond donors (Lipinski definition) is 3. The van der Waals surface area contributed by atoms with Crippen LogP contribution in [-0.2, 0) is 12.4 Å². The van der Waals surface area contributed by atoms with E-state index in [1.807, 2.05) is 0 Å². The first-order chi connectivity index (χ1) is 16.4. The number of aryl methyl sites for hydroxylation is 1. The molecule has 0 fully saturated rings. The first-order valence-corrected chi connectivity index (χ1v) is 10.5. The maximum absolute atomic E-state index is 13.2. The average Bonchev–Trinajstić information content (AvgIpc) is 2.77. The highest BCUT2D eigenvalue weighted by Crippen LogP contribution is 2.35. The second kappa shape index (κ2) is 10.4. The Morgan fingerprint density at radius 1 is 0.886 bits per heavy atom. The Labute approximate surface area is 201 Å². The summed E-state index contributed by atoms with van der Waals surface area (Å²) in [6.07, 6.45) is -8.57. The zero-order valence-electron chi connectivity index (χ0n) is 18.1. The highest BCUT2D eigenvalue weighted by Gasteiger charge is 2.32. The van der Waals surface area contributed by atoms with Crippen LogP contribution in [0.3, 0.4) is 0 Å². The predicted molar refractivity (Wildman–Crippen MR) is 122 cm³/mol. The highest BCUT2D eigenvalue weighted by molar-refractivity contribution is 6.33. The molecule has 3 aromatic rings. The van der Waals surface area contributed by atoms with Crippen molar-refractivity contribution in [3.8, 4) is 0 Å². The van der Waals surface area contributed by atoms with E-state index in [0.717, 1.165) is 18.2 Å². The van der Waals surface area contributed by atoms with Crippen molar-refractivity contribution in [1.82, 2.24) is 4.98 Å². The van der Waals surface area contributed by atoms with Gasteiger partial charge in [0.1, 0.15) is 5.82 Å². The predicted octanol–water partition coefficient (Wildman–Crippen LogP) is 6.86. The Morgan fingerprint density at radius 2 is 1.54 bits per heavy atom. The van der Waals surface area contributed by atoms with E-state index in [2.05, 4.69) is 20.9 Å². The number of rotatable bonds is 7. The van der Waals surface area contributed by atoms with Gasteiger partial charge in [-0.25, -0.2) is 4.98 Å². The third kappa shape index (κ3) is 6.78. The van der Waals surface area contributed by atoms with Crippen LogP contribution in [0, 0.1) is 6.92 Å². The standard InChI is InChI=1S/C23H19ClF6N4O/c1-13-4-2-3-5-16(13)21(35)34-19-11-14(22(25,26)27)6-7-18(19)31-8-9-32-20-17(24)10-15(12-33-20)23(28,29)30/h2-7,10-12,31H,8-9H2,1H3,(H,32,33)(H,34,35). The molecule has 3 N–H and O–H groups in total. The van der Waals surface area contributed by atoms with Gasteiger partial charge in [0.05, 0.1) is 27.5 Å². The maximum atomic E-state index is 13.2. The average molecular weight is 517 g/mol. The number of carbonyl (C=O) groups is 1. The minimum Gasteiger partial charge on any atom is -0.382 e. The molecule has 1 heterocycles. The van der Waals surface area contributed by atoms with E-state index in [1.54, 1.807) is 31.2 Å². The lowest BCUT2D eigenvalue weighted by Gasteiger charge is -2.17. The van der Waals surface area contributed by atoms with E-state index in [9.17, 15) is 31.1 Å². The summed E-state index contributed by atoms with van der Waals surface area (Å²) in [7, 11) is 0. The van der Waals surface area contributed by atoms with Gasteiger partial charge >= 0.3 is 12.4 Å². The molecule has 0 spiro atoms. The second-order valence-corrected chi connectivity index (χ2v) is 7.84. The molecule has 3 rings (SSSR count). The van der Waals surface area contributed by atoms with Gasteiger partial charge in [0.2, 0.25) is 0 Å². The van der Waals surface area contributed by atoms with Crippen LogP contribution in [0.1, 0.15) is 27.0 Å². The van der Waals surface area contributed by atoms with Gasteiger partial charge in [-0.2, -0.15) is 26.3 Å². The number of nitrogens with zero attached hydrogens (tertiary/aromatic N) is 1. The van der Waals surface area contributed by atoms with E-state index in [4.69, 9.17) is 11.6 Å². The Hall–Kier alpha value is -3.47. The molecule has 1 amide bonds. The van der Waals surface area contributed by atoms with Gasteiger partial charge in [-0.05, 0) is 42.8 Å². The van der Waals surface area contributed by atoms with Gasteiger partial charge in [0.25, 0.3) is 5.91 Å². The number of anilines is 3. The van der Waals surface area contributed by atoms with E-state index in [-0.39, 0.29) is 35.3 Å². The Morgan fingerprint density at radius 3 is 2.17 bits per heavy atom. The normalized spacial score (nSPS) is 11.8. The van der Waals surface area contributed by atoms with Crippen LogP contribution in [-0.4, -0.2) is 24.0 Å². The Bertz CT molecular complexity index is 1210. The molecule has 35 heavy (non-hydrogen) atoms. The van der Waals surface area contributed by atoms with E-state index in [1.165, 1.54) is 6.07 Å². The van der Waals surface area contributed by atoms with Crippen molar-refractivity contribution in [2.24, 2.45) is 0 Å². The minimum absolute atomic E-state index is 0.0157. The van der Waals surface area contributed by atoms with Gasteiger partial charge in [-0.3, -0.25) is 4.79 Å². The van der Waals surface area contributed by atoms with E-state index < -0.39 is 29.4 Å². The molecule has 0 atom stereocenters. The lowest BCUT2D eigenvalue weighted by Crippen LogP contribution is -2.19. The Kier molecular flexibility index (Phi) is 7.79. The van der Waals surface area contributed by atoms with Crippen LogP contribution in [0.15, 0.2) is 54.7 Å². The summed E-state index contributed by atoms with van der Waals surface area (Å²) in [5.74, 6) is -0.564. The van der Waals surface area contributed by atoms with Gasteiger partial charge in [0, 0.05) is 24.8 Å². The first kappa shape index (κ1) is 26.1. The van der Waals surface area contributed by atoms with E-state index in [0.29, 0.717) is 17.3 Å². The zero-order chi connectivity index (χ0) is 25.8. The molecule has 0 saturated heterocycles. The number of halogens is 7. The molecular formula is C23H19ClF6N4O. The molecule has 0 saturated carbocycles. The third-order valence-electron chi connectivity index (χ3n) is 4.89. The molecule has 0 radical (unpaired) electrons. The van der Waals surface area contributed by atoms with Crippen LogP contribution in [0.4, 0.5) is 43.5 Å². The van der Waals surface area contributed by atoms with Gasteiger partial charge < -0.3 is 16.0 Å². The molecule has 0 bridgehead atoms. The number of nitrogens with one attached hydrogen (secondary N) is 3. The zero-order valence-corrected chi connectivity index (χ0v) is 18.9. The van der Waals surface area contributed by atoms with Crippen LogP contribution in [0.5, 0.6) is 0 Å². The number of hydrogen-bond acceptors (Lipinski definition) is 4. The molecule has 0 aliphatic rings. The summed E-state index contributed by atoms with van der Waals surface area (Å²) in [5.41, 5.74) is -0.851. The van der Waals surface area contributed by atoms with E-state index >= 15 is 0 Å². The molecule has 2 aromatic carbocycles.